The highest BCUT2D eigenvalue weighted by Crippen LogP contribution is 2.12. The molecule has 0 heterocycles. The Morgan fingerprint density at radius 2 is 1.88 bits per heavy atom. The van der Waals surface area contributed by atoms with Crippen LogP contribution in [-0.4, -0.2) is 18.7 Å². The summed E-state index contributed by atoms with van der Waals surface area (Å²) < 4.78 is 10.2. The highest BCUT2D eigenvalue weighted by atomic mass is 16.6. The van der Waals surface area contributed by atoms with Gasteiger partial charge in [-0.15, -0.1) is 0 Å². The molecule has 3 nitrogen and oxygen atoms in total. The van der Waals surface area contributed by atoms with Crippen LogP contribution in [0, 0.1) is 0 Å². The molecule has 0 bridgehead atoms. The Morgan fingerprint density at radius 1 is 1.25 bits per heavy atom. The van der Waals surface area contributed by atoms with Gasteiger partial charge in [0, 0.05) is 0 Å². The minimum Gasteiger partial charge on any atom is -0.482 e. The van der Waals surface area contributed by atoms with Crippen molar-refractivity contribution in [2.45, 2.75) is 33.3 Å². The van der Waals surface area contributed by atoms with Crippen molar-refractivity contribution < 1.29 is 14.3 Å². The van der Waals surface area contributed by atoms with Crippen molar-refractivity contribution in [2.75, 3.05) is 6.61 Å². The highest BCUT2D eigenvalue weighted by Gasteiger charge is 2.06. The summed E-state index contributed by atoms with van der Waals surface area (Å²) in [4.78, 5) is 11.2. The Bertz CT molecular complexity index is 328. The molecule has 3 heteroatoms. The molecule has 0 amide bonds. The molecule has 0 aliphatic rings. The first-order valence-corrected chi connectivity index (χ1v) is 5.53. The van der Waals surface area contributed by atoms with Gasteiger partial charge < -0.3 is 9.47 Å². The topological polar surface area (TPSA) is 35.5 Å². The Balaban J connectivity index is 2.39. The fourth-order valence-electron chi connectivity index (χ4n) is 1.26. The van der Waals surface area contributed by atoms with Crippen LogP contribution in [0.5, 0.6) is 5.75 Å². The van der Waals surface area contributed by atoms with Gasteiger partial charge in [0.05, 0.1) is 6.10 Å². The van der Waals surface area contributed by atoms with E-state index < -0.39 is 0 Å². The minimum absolute atomic E-state index is 0.0380. The standard InChI is InChI=1S/C13H18O3/c1-4-11-5-7-12(8-6-11)15-9-13(14)16-10(2)3/h5-8,10H,4,9H2,1-3H3. The summed E-state index contributed by atoms with van der Waals surface area (Å²) in [5, 5.41) is 0. The maximum absolute atomic E-state index is 11.2. The average molecular weight is 222 g/mol. The van der Waals surface area contributed by atoms with E-state index in [9.17, 15) is 4.79 Å². The second-order valence-electron chi connectivity index (χ2n) is 3.82. The lowest BCUT2D eigenvalue weighted by Gasteiger charge is -2.09. The second kappa shape index (κ2) is 6.16. The zero-order chi connectivity index (χ0) is 12.0. The summed E-state index contributed by atoms with van der Waals surface area (Å²) >= 11 is 0. The first kappa shape index (κ1) is 12.6. The fraction of sp³-hybridized carbons (Fsp3) is 0.462. The van der Waals surface area contributed by atoms with Crippen molar-refractivity contribution in [3.8, 4) is 5.75 Å². The van der Waals surface area contributed by atoms with Crippen molar-refractivity contribution in [2.24, 2.45) is 0 Å². The zero-order valence-electron chi connectivity index (χ0n) is 10.0. The summed E-state index contributed by atoms with van der Waals surface area (Å²) in [7, 11) is 0. The molecule has 0 atom stereocenters. The van der Waals surface area contributed by atoms with Crippen LogP contribution in [0.3, 0.4) is 0 Å². The monoisotopic (exact) mass is 222 g/mol. The molecule has 0 N–H and O–H groups in total. The molecular weight excluding hydrogens is 204 g/mol. The Labute approximate surface area is 96.4 Å². The minimum atomic E-state index is -0.338. The van der Waals surface area contributed by atoms with E-state index in [1.807, 2.05) is 38.1 Å². The van der Waals surface area contributed by atoms with E-state index in [1.54, 1.807) is 0 Å². The summed E-state index contributed by atoms with van der Waals surface area (Å²) in [5.41, 5.74) is 1.25. The number of carbonyl (C=O) groups excluding carboxylic acids is 1. The molecule has 0 radical (unpaired) electrons. The first-order valence-electron chi connectivity index (χ1n) is 5.53. The third kappa shape index (κ3) is 4.34. The van der Waals surface area contributed by atoms with Crippen molar-refractivity contribution in [3.05, 3.63) is 29.8 Å². The van der Waals surface area contributed by atoms with Crippen LogP contribution in [0.25, 0.3) is 0 Å². The number of rotatable bonds is 5. The first-order chi connectivity index (χ1) is 7.61. The molecule has 1 aromatic rings. The summed E-state index contributed by atoms with van der Waals surface area (Å²) in [6.07, 6.45) is 0.897. The smallest absolute Gasteiger partial charge is 0.344 e. The van der Waals surface area contributed by atoms with Gasteiger partial charge in [-0.25, -0.2) is 4.79 Å². The molecule has 0 saturated carbocycles. The van der Waals surface area contributed by atoms with Crippen molar-refractivity contribution in [1.29, 1.82) is 0 Å². The summed E-state index contributed by atoms with van der Waals surface area (Å²) in [6.45, 7) is 5.68. The molecule has 0 unspecified atom stereocenters. The number of hydrogen-bond acceptors (Lipinski definition) is 3. The lowest BCUT2D eigenvalue weighted by Crippen LogP contribution is -2.18. The van der Waals surface area contributed by atoms with Crippen molar-refractivity contribution in [1.82, 2.24) is 0 Å². The van der Waals surface area contributed by atoms with Gasteiger partial charge >= 0.3 is 5.97 Å². The molecule has 1 aromatic carbocycles. The van der Waals surface area contributed by atoms with Gasteiger partial charge in [-0.1, -0.05) is 19.1 Å². The normalized spacial score (nSPS) is 10.2. The van der Waals surface area contributed by atoms with Crippen LogP contribution < -0.4 is 4.74 Å². The molecule has 0 aliphatic carbocycles. The molecule has 1 rings (SSSR count). The van der Waals surface area contributed by atoms with E-state index in [0.29, 0.717) is 5.75 Å². The Kier molecular flexibility index (Phi) is 4.83. The number of benzene rings is 1. The van der Waals surface area contributed by atoms with Gasteiger partial charge in [-0.2, -0.15) is 0 Å². The predicted molar refractivity (Wildman–Crippen MR) is 62.5 cm³/mol. The quantitative estimate of drug-likeness (QED) is 0.718. The van der Waals surface area contributed by atoms with Gasteiger partial charge in [0.2, 0.25) is 0 Å². The van der Waals surface area contributed by atoms with E-state index in [1.165, 1.54) is 5.56 Å². The van der Waals surface area contributed by atoms with E-state index in [4.69, 9.17) is 9.47 Å². The molecular formula is C13H18O3. The number of carbonyl (C=O) groups is 1. The molecule has 0 saturated heterocycles. The molecule has 16 heavy (non-hydrogen) atoms. The average Bonchev–Trinajstić information content (AvgIpc) is 2.26. The third-order valence-electron chi connectivity index (χ3n) is 2.06. The molecule has 0 aliphatic heterocycles. The number of ether oxygens (including phenoxy) is 2. The van der Waals surface area contributed by atoms with Crippen molar-refractivity contribution >= 4 is 5.97 Å². The SMILES string of the molecule is CCc1ccc(OCC(=O)OC(C)C)cc1. The third-order valence-corrected chi connectivity index (χ3v) is 2.06. The Morgan fingerprint density at radius 3 is 2.38 bits per heavy atom. The van der Waals surface area contributed by atoms with Crippen LogP contribution in [0.15, 0.2) is 24.3 Å². The van der Waals surface area contributed by atoms with E-state index >= 15 is 0 Å². The lowest BCUT2D eigenvalue weighted by atomic mass is 10.2. The molecule has 0 aromatic heterocycles. The van der Waals surface area contributed by atoms with Crippen LogP contribution >= 0.6 is 0 Å². The second-order valence-corrected chi connectivity index (χ2v) is 3.82. The van der Waals surface area contributed by atoms with E-state index in [0.717, 1.165) is 6.42 Å². The number of esters is 1. The largest absolute Gasteiger partial charge is 0.482 e. The zero-order valence-corrected chi connectivity index (χ0v) is 10.0. The lowest BCUT2D eigenvalue weighted by molar-refractivity contribution is -0.149. The van der Waals surface area contributed by atoms with Crippen LogP contribution in [0.1, 0.15) is 26.3 Å². The van der Waals surface area contributed by atoms with Gasteiger partial charge in [0.25, 0.3) is 0 Å². The fourth-order valence-corrected chi connectivity index (χ4v) is 1.26. The van der Waals surface area contributed by atoms with E-state index in [2.05, 4.69) is 6.92 Å². The van der Waals surface area contributed by atoms with Crippen LogP contribution in [-0.2, 0) is 16.0 Å². The highest BCUT2D eigenvalue weighted by molar-refractivity contribution is 5.71. The van der Waals surface area contributed by atoms with Gasteiger partial charge in [0.1, 0.15) is 5.75 Å². The van der Waals surface area contributed by atoms with Gasteiger partial charge in [0.15, 0.2) is 6.61 Å². The Hall–Kier alpha value is -1.51. The molecule has 88 valence electrons. The van der Waals surface area contributed by atoms with E-state index in [-0.39, 0.29) is 18.7 Å². The number of hydrogen-bond donors (Lipinski definition) is 0. The van der Waals surface area contributed by atoms with Crippen LogP contribution in [0.4, 0.5) is 0 Å². The van der Waals surface area contributed by atoms with Gasteiger partial charge in [-0.05, 0) is 38.0 Å². The number of aryl methyl sites for hydroxylation is 1. The van der Waals surface area contributed by atoms with Gasteiger partial charge in [-0.3, -0.25) is 0 Å². The molecule has 0 fully saturated rings. The molecule has 0 spiro atoms. The van der Waals surface area contributed by atoms with Crippen LogP contribution in [0.2, 0.25) is 0 Å². The summed E-state index contributed by atoms with van der Waals surface area (Å²) in [5.74, 6) is 0.354. The summed E-state index contributed by atoms with van der Waals surface area (Å²) in [6, 6.07) is 7.70. The maximum Gasteiger partial charge on any atom is 0.344 e. The predicted octanol–water partition coefficient (Wildman–Crippen LogP) is 2.58. The maximum atomic E-state index is 11.2. The van der Waals surface area contributed by atoms with Crippen molar-refractivity contribution in [3.63, 3.8) is 0 Å².